The molecule has 1 heterocycles. The number of anilines is 1. The molecule has 0 saturated heterocycles. The second-order valence-corrected chi connectivity index (χ2v) is 10.5. The number of benzene rings is 1. The van der Waals surface area contributed by atoms with Crippen molar-refractivity contribution >= 4 is 23.5 Å². The Hall–Kier alpha value is -3.24. The van der Waals surface area contributed by atoms with Crippen LogP contribution >= 0.6 is 0 Å². The highest BCUT2D eigenvalue weighted by molar-refractivity contribution is 5.98. The van der Waals surface area contributed by atoms with Crippen molar-refractivity contribution in [2.45, 2.75) is 70.2 Å². The van der Waals surface area contributed by atoms with E-state index in [-0.39, 0.29) is 31.1 Å². The molecule has 10 nitrogen and oxygen atoms in total. The summed E-state index contributed by atoms with van der Waals surface area (Å²) in [5.74, 6) is -0.440. The molecule has 1 aromatic heterocycles. The van der Waals surface area contributed by atoms with Crippen molar-refractivity contribution in [3.63, 3.8) is 0 Å². The van der Waals surface area contributed by atoms with Crippen LogP contribution in [0.3, 0.4) is 0 Å². The molecular formula is C27H40N6O4. The topological polar surface area (TPSA) is 132 Å². The summed E-state index contributed by atoms with van der Waals surface area (Å²) in [5, 5.41) is 5.44. The van der Waals surface area contributed by atoms with Crippen LogP contribution in [0.4, 0.5) is 5.82 Å². The average molecular weight is 513 g/mol. The fourth-order valence-electron chi connectivity index (χ4n) is 4.45. The minimum atomic E-state index is -1.17. The highest BCUT2D eigenvalue weighted by Crippen LogP contribution is 2.34. The number of aromatic nitrogens is 2. The number of hydrogen-bond acceptors (Lipinski definition) is 6. The van der Waals surface area contributed by atoms with Gasteiger partial charge in [-0.15, -0.1) is 0 Å². The van der Waals surface area contributed by atoms with Gasteiger partial charge in [0.15, 0.2) is 5.82 Å². The number of amides is 3. The van der Waals surface area contributed by atoms with E-state index in [2.05, 4.69) is 15.6 Å². The zero-order valence-electron chi connectivity index (χ0n) is 22.3. The van der Waals surface area contributed by atoms with Crippen molar-refractivity contribution in [2.75, 3.05) is 26.0 Å². The van der Waals surface area contributed by atoms with Gasteiger partial charge in [-0.05, 0) is 38.2 Å². The van der Waals surface area contributed by atoms with Crippen molar-refractivity contribution in [3.8, 4) is 0 Å². The van der Waals surface area contributed by atoms with E-state index >= 15 is 0 Å². The molecule has 1 fully saturated rings. The van der Waals surface area contributed by atoms with Crippen LogP contribution in [0.2, 0.25) is 0 Å². The molecular weight excluding hydrogens is 472 g/mol. The van der Waals surface area contributed by atoms with Crippen LogP contribution in [0.15, 0.2) is 42.9 Å². The third-order valence-electron chi connectivity index (χ3n) is 6.57. The summed E-state index contributed by atoms with van der Waals surface area (Å²) in [5.41, 5.74) is 5.71. The lowest BCUT2D eigenvalue weighted by Gasteiger charge is -2.31. The number of nitrogens with one attached hydrogen (secondary N) is 2. The van der Waals surface area contributed by atoms with E-state index in [0.717, 1.165) is 31.2 Å². The predicted molar refractivity (Wildman–Crippen MR) is 141 cm³/mol. The van der Waals surface area contributed by atoms with Crippen LogP contribution in [-0.2, 0) is 25.7 Å². The molecule has 1 aliphatic carbocycles. The van der Waals surface area contributed by atoms with Crippen LogP contribution in [0.1, 0.15) is 57.6 Å². The first kappa shape index (κ1) is 28.3. The van der Waals surface area contributed by atoms with Crippen molar-refractivity contribution < 1.29 is 19.1 Å². The van der Waals surface area contributed by atoms with Crippen LogP contribution in [0.25, 0.3) is 0 Å². The maximum absolute atomic E-state index is 13.2. The molecule has 2 atom stereocenters. The van der Waals surface area contributed by atoms with Gasteiger partial charge >= 0.3 is 0 Å². The highest BCUT2D eigenvalue weighted by Gasteiger charge is 2.33. The maximum Gasteiger partial charge on any atom is 0.250 e. The van der Waals surface area contributed by atoms with Crippen molar-refractivity contribution in [2.24, 2.45) is 11.7 Å². The first-order chi connectivity index (χ1) is 17.6. The molecule has 0 bridgehead atoms. The van der Waals surface area contributed by atoms with Crippen LogP contribution in [-0.4, -0.2) is 64.5 Å². The molecule has 2 unspecified atom stereocenters. The summed E-state index contributed by atoms with van der Waals surface area (Å²) in [7, 11) is 3.50. The van der Waals surface area contributed by atoms with E-state index in [0.29, 0.717) is 5.82 Å². The number of carbonyl (C=O) groups excluding carboxylic acids is 3. The van der Waals surface area contributed by atoms with E-state index in [1.165, 1.54) is 6.42 Å². The number of hydrogen-bond donors (Lipinski definition) is 3. The Balaban J connectivity index is 1.72. The van der Waals surface area contributed by atoms with Crippen LogP contribution in [0, 0.1) is 5.92 Å². The molecule has 10 heteroatoms. The van der Waals surface area contributed by atoms with Gasteiger partial charge in [0.1, 0.15) is 12.1 Å². The number of ether oxygens (including phenoxy) is 1. The SMILES string of the molecule is CN(C)C(=O)C(C1CCCCC1)n1cnc(NC(=O)C(COCc2ccccc2)NC(=O)C(C)(C)N)c1. The molecule has 0 aliphatic heterocycles. The smallest absolute Gasteiger partial charge is 0.250 e. The van der Waals surface area contributed by atoms with Crippen LogP contribution in [0.5, 0.6) is 0 Å². The lowest BCUT2D eigenvalue weighted by atomic mass is 9.83. The Morgan fingerprint density at radius 2 is 1.84 bits per heavy atom. The summed E-state index contributed by atoms with van der Waals surface area (Å²) in [4.78, 5) is 44.7. The lowest BCUT2D eigenvalue weighted by Crippen LogP contribution is -2.56. The first-order valence-corrected chi connectivity index (χ1v) is 12.8. The van der Waals surface area contributed by atoms with E-state index in [1.807, 2.05) is 30.3 Å². The van der Waals surface area contributed by atoms with Gasteiger partial charge in [-0.1, -0.05) is 49.6 Å². The summed E-state index contributed by atoms with van der Waals surface area (Å²) < 4.78 is 7.53. The second kappa shape index (κ2) is 12.8. The molecule has 1 aliphatic rings. The minimum Gasteiger partial charge on any atom is -0.374 e. The van der Waals surface area contributed by atoms with Gasteiger partial charge in [-0.2, -0.15) is 0 Å². The number of likely N-dealkylation sites (N-methyl/N-ethyl adjacent to an activating group) is 1. The largest absolute Gasteiger partial charge is 0.374 e. The summed E-state index contributed by atoms with van der Waals surface area (Å²) in [6.45, 7) is 3.37. The quantitative estimate of drug-likeness (QED) is 0.424. The number of carbonyl (C=O) groups is 3. The van der Waals surface area contributed by atoms with E-state index in [1.54, 1.807) is 49.9 Å². The van der Waals surface area contributed by atoms with Gasteiger partial charge in [0.2, 0.25) is 11.8 Å². The normalized spacial score (nSPS) is 16.0. The van der Waals surface area contributed by atoms with Gasteiger partial charge < -0.3 is 30.6 Å². The highest BCUT2D eigenvalue weighted by atomic mass is 16.5. The predicted octanol–water partition coefficient (Wildman–Crippen LogP) is 2.47. The fraction of sp³-hybridized carbons (Fsp3) is 0.556. The summed E-state index contributed by atoms with van der Waals surface area (Å²) >= 11 is 0. The second-order valence-electron chi connectivity index (χ2n) is 10.5. The molecule has 202 valence electrons. The third-order valence-corrected chi connectivity index (χ3v) is 6.57. The Bertz CT molecular complexity index is 1040. The number of imidazole rings is 1. The maximum atomic E-state index is 13.2. The van der Waals surface area contributed by atoms with Gasteiger partial charge in [-0.25, -0.2) is 4.98 Å². The molecule has 3 amide bonds. The summed E-state index contributed by atoms with van der Waals surface area (Å²) in [6, 6.07) is 8.19. The Morgan fingerprint density at radius 1 is 1.16 bits per heavy atom. The van der Waals surface area contributed by atoms with Gasteiger partial charge in [0, 0.05) is 20.3 Å². The first-order valence-electron chi connectivity index (χ1n) is 12.8. The molecule has 37 heavy (non-hydrogen) atoms. The molecule has 0 spiro atoms. The van der Waals surface area contributed by atoms with E-state index in [9.17, 15) is 14.4 Å². The van der Waals surface area contributed by atoms with Gasteiger partial charge in [-0.3, -0.25) is 14.4 Å². The monoisotopic (exact) mass is 512 g/mol. The molecule has 1 aromatic carbocycles. The van der Waals surface area contributed by atoms with Crippen molar-refractivity contribution in [3.05, 3.63) is 48.4 Å². The fourth-order valence-corrected chi connectivity index (χ4v) is 4.45. The zero-order valence-corrected chi connectivity index (χ0v) is 22.3. The molecule has 1 saturated carbocycles. The van der Waals surface area contributed by atoms with Crippen molar-refractivity contribution in [1.29, 1.82) is 0 Å². The molecule has 2 aromatic rings. The van der Waals surface area contributed by atoms with Gasteiger partial charge in [0.05, 0.1) is 25.1 Å². The number of rotatable bonds is 11. The molecule has 3 rings (SSSR count). The lowest BCUT2D eigenvalue weighted by molar-refractivity contribution is -0.134. The minimum absolute atomic E-state index is 0.00630. The Kier molecular flexibility index (Phi) is 9.82. The van der Waals surface area contributed by atoms with E-state index < -0.39 is 23.4 Å². The Labute approximate surface area is 218 Å². The summed E-state index contributed by atoms with van der Waals surface area (Å²) in [6.07, 6.45) is 8.60. The number of nitrogens with zero attached hydrogens (tertiary/aromatic N) is 3. The molecule has 0 radical (unpaired) electrons. The average Bonchev–Trinajstić information content (AvgIpc) is 3.31. The van der Waals surface area contributed by atoms with Gasteiger partial charge in [0.25, 0.3) is 5.91 Å². The van der Waals surface area contributed by atoms with Crippen LogP contribution < -0.4 is 16.4 Å². The Morgan fingerprint density at radius 3 is 2.46 bits per heavy atom. The van der Waals surface area contributed by atoms with E-state index in [4.69, 9.17) is 10.5 Å². The third kappa shape index (κ3) is 8.13. The number of nitrogens with two attached hydrogens (primary N) is 1. The zero-order chi connectivity index (χ0) is 27.0. The molecule has 4 N–H and O–H groups in total. The van der Waals surface area contributed by atoms with Crippen molar-refractivity contribution in [1.82, 2.24) is 19.8 Å². The standard InChI is InChI=1S/C27H40N6O4/c1-27(2,28)26(36)30-21(17-37-16-19-11-7-5-8-12-19)24(34)31-22-15-33(18-29-22)23(25(35)32(3)4)20-13-9-6-10-14-20/h5,7-8,11-12,15,18,20-21,23H,6,9-10,13-14,16-17,28H2,1-4H3,(H,30,36)(H,31,34).